The van der Waals surface area contributed by atoms with Crippen LogP contribution in [0.1, 0.15) is 10.4 Å². The molecule has 0 unspecified atom stereocenters. The lowest BCUT2D eigenvalue weighted by Gasteiger charge is -2.09. The van der Waals surface area contributed by atoms with Crippen LogP contribution in [-0.4, -0.2) is 5.91 Å². The number of hydrogen-bond donors (Lipinski definition) is 2. The van der Waals surface area contributed by atoms with E-state index in [1.54, 1.807) is 36.4 Å². The molecular formula is C13H10ClN3O2. The highest BCUT2D eigenvalue weighted by Gasteiger charge is 2.08. The predicted octanol–water partition coefficient (Wildman–Crippen LogP) is 3.49. The SMILES string of the molecule is O=Nc1ccc(NNC(=O)c2ccccc2Cl)cc1. The van der Waals surface area contributed by atoms with Crippen LogP contribution in [0.15, 0.2) is 53.7 Å². The van der Waals surface area contributed by atoms with Gasteiger partial charge < -0.3 is 0 Å². The summed E-state index contributed by atoms with van der Waals surface area (Å²) in [5, 5.41) is 3.16. The van der Waals surface area contributed by atoms with Crippen molar-refractivity contribution in [3.05, 3.63) is 64.0 Å². The number of halogens is 1. The third-order valence-corrected chi connectivity index (χ3v) is 2.74. The highest BCUT2D eigenvalue weighted by Crippen LogP contribution is 2.16. The Bertz CT molecular complexity index is 599. The number of anilines is 1. The average molecular weight is 276 g/mol. The molecule has 0 spiro atoms. The van der Waals surface area contributed by atoms with Crippen LogP contribution in [0.2, 0.25) is 5.02 Å². The number of carbonyl (C=O) groups is 1. The summed E-state index contributed by atoms with van der Waals surface area (Å²) >= 11 is 5.90. The summed E-state index contributed by atoms with van der Waals surface area (Å²) in [6.07, 6.45) is 0. The minimum absolute atomic E-state index is 0.322. The van der Waals surface area contributed by atoms with Gasteiger partial charge in [-0.05, 0) is 41.6 Å². The van der Waals surface area contributed by atoms with Crippen molar-refractivity contribution in [1.29, 1.82) is 0 Å². The molecule has 1 amide bonds. The fourth-order valence-electron chi connectivity index (χ4n) is 1.45. The minimum atomic E-state index is -0.344. The van der Waals surface area contributed by atoms with E-state index in [4.69, 9.17) is 11.6 Å². The number of benzene rings is 2. The van der Waals surface area contributed by atoms with Crippen molar-refractivity contribution in [2.24, 2.45) is 5.18 Å². The summed E-state index contributed by atoms with van der Waals surface area (Å²) in [7, 11) is 0. The Morgan fingerprint density at radius 1 is 1.05 bits per heavy atom. The van der Waals surface area contributed by atoms with Gasteiger partial charge in [0.1, 0.15) is 5.69 Å². The molecule has 2 rings (SSSR count). The molecule has 0 aliphatic heterocycles. The molecule has 0 fully saturated rings. The highest BCUT2D eigenvalue weighted by molar-refractivity contribution is 6.33. The lowest BCUT2D eigenvalue weighted by molar-refractivity contribution is 0.0963. The van der Waals surface area contributed by atoms with E-state index in [-0.39, 0.29) is 5.91 Å². The summed E-state index contributed by atoms with van der Waals surface area (Å²) in [6, 6.07) is 13.1. The number of amides is 1. The Morgan fingerprint density at radius 2 is 1.74 bits per heavy atom. The van der Waals surface area contributed by atoms with E-state index < -0.39 is 0 Å². The minimum Gasteiger partial charge on any atom is -0.298 e. The third kappa shape index (κ3) is 3.29. The second kappa shape index (κ2) is 5.97. The second-order valence-electron chi connectivity index (χ2n) is 3.70. The summed E-state index contributed by atoms with van der Waals surface area (Å²) in [5.41, 5.74) is 6.56. The molecule has 0 aromatic heterocycles. The van der Waals surface area contributed by atoms with Gasteiger partial charge in [0.2, 0.25) is 0 Å². The van der Waals surface area contributed by atoms with Crippen molar-refractivity contribution in [3.8, 4) is 0 Å². The van der Waals surface area contributed by atoms with Crippen LogP contribution < -0.4 is 10.9 Å². The van der Waals surface area contributed by atoms with Crippen LogP contribution in [0.5, 0.6) is 0 Å². The van der Waals surface area contributed by atoms with Crippen LogP contribution >= 0.6 is 11.6 Å². The zero-order valence-electron chi connectivity index (χ0n) is 9.76. The van der Waals surface area contributed by atoms with E-state index in [1.165, 1.54) is 12.1 Å². The molecule has 5 nitrogen and oxygen atoms in total. The van der Waals surface area contributed by atoms with Gasteiger partial charge in [-0.25, -0.2) is 0 Å². The van der Waals surface area contributed by atoms with Crippen LogP contribution in [-0.2, 0) is 0 Å². The number of nitrogens with zero attached hydrogens (tertiary/aromatic N) is 1. The van der Waals surface area contributed by atoms with Gasteiger partial charge in [0, 0.05) is 0 Å². The van der Waals surface area contributed by atoms with E-state index in [9.17, 15) is 9.70 Å². The average Bonchev–Trinajstić information content (AvgIpc) is 2.46. The van der Waals surface area contributed by atoms with Gasteiger partial charge in [-0.1, -0.05) is 23.7 Å². The number of rotatable bonds is 4. The molecule has 0 aliphatic carbocycles. The first-order valence-electron chi connectivity index (χ1n) is 5.45. The van der Waals surface area contributed by atoms with Gasteiger partial charge in [-0.2, -0.15) is 0 Å². The maximum absolute atomic E-state index is 11.8. The molecular weight excluding hydrogens is 266 g/mol. The molecule has 0 heterocycles. The first-order valence-corrected chi connectivity index (χ1v) is 5.83. The predicted molar refractivity (Wildman–Crippen MR) is 74.4 cm³/mol. The zero-order valence-corrected chi connectivity index (χ0v) is 10.5. The monoisotopic (exact) mass is 275 g/mol. The summed E-state index contributed by atoms with van der Waals surface area (Å²) < 4.78 is 0. The maximum Gasteiger partial charge on any atom is 0.271 e. The largest absolute Gasteiger partial charge is 0.298 e. The molecule has 19 heavy (non-hydrogen) atoms. The Kier molecular flexibility index (Phi) is 4.10. The van der Waals surface area contributed by atoms with E-state index in [2.05, 4.69) is 16.0 Å². The molecule has 2 aromatic rings. The quantitative estimate of drug-likeness (QED) is 0.663. The van der Waals surface area contributed by atoms with Crippen molar-refractivity contribution in [3.63, 3.8) is 0 Å². The zero-order chi connectivity index (χ0) is 13.7. The van der Waals surface area contributed by atoms with Gasteiger partial charge in [-0.3, -0.25) is 15.6 Å². The van der Waals surface area contributed by atoms with Gasteiger partial charge >= 0.3 is 0 Å². The number of hydrogen-bond acceptors (Lipinski definition) is 4. The van der Waals surface area contributed by atoms with Crippen molar-refractivity contribution in [2.75, 3.05) is 5.43 Å². The number of hydrazine groups is 1. The molecule has 0 saturated carbocycles. The fraction of sp³-hybridized carbons (Fsp3) is 0. The summed E-state index contributed by atoms with van der Waals surface area (Å²) in [6.45, 7) is 0. The molecule has 0 atom stereocenters. The van der Waals surface area contributed by atoms with Crippen molar-refractivity contribution in [1.82, 2.24) is 5.43 Å². The van der Waals surface area contributed by atoms with E-state index in [0.717, 1.165) is 0 Å². The first kappa shape index (κ1) is 13.0. The molecule has 0 aliphatic rings. The second-order valence-corrected chi connectivity index (χ2v) is 4.10. The normalized spacial score (nSPS) is 9.74. The lowest BCUT2D eigenvalue weighted by atomic mass is 10.2. The number of nitrogens with one attached hydrogen (secondary N) is 2. The van der Waals surface area contributed by atoms with Crippen molar-refractivity contribution in [2.45, 2.75) is 0 Å². The van der Waals surface area contributed by atoms with Crippen molar-refractivity contribution < 1.29 is 4.79 Å². The molecule has 0 radical (unpaired) electrons. The smallest absolute Gasteiger partial charge is 0.271 e. The third-order valence-electron chi connectivity index (χ3n) is 2.41. The van der Waals surface area contributed by atoms with Crippen LogP contribution in [0.4, 0.5) is 11.4 Å². The van der Waals surface area contributed by atoms with E-state index in [1.807, 2.05) is 0 Å². The topological polar surface area (TPSA) is 70.6 Å². The summed E-state index contributed by atoms with van der Waals surface area (Å²) in [4.78, 5) is 22.1. The van der Waals surface area contributed by atoms with Gasteiger partial charge in [0.25, 0.3) is 5.91 Å². The lowest BCUT2D eigenvalue weighted by Crippen LogP contribution is -2.29. The van der Waals surface area contributed by atoms with Crippen LogP contribution in [0.25, 0.3) is 0 Å². The molecule has 2 aromatic carbocycles. The molecule has 96 valence electrons. The highest BCUT2D eigenvalue weighted by atomic mass is 35.5. The Hall–Kier alpha value is -2.40. The van der Waals surface area contributed by atoms with Crippen molar-refractivity contribution >= 4 is 28.9 Å². The van der Waals surface area contributed by atoms with E-state index >= 15 is 0 Å². The Morgan fingerprint density at radius 3 is 2.37 bits per heavy atom. The Balaban J connectivity index is 2.00. The van der Waals surface area contributed by atoms with E-state index in [0.29, 0.717) is 22.0 Å². The molecule has 0 bridgehead atoms. The fourth-order valence-corrected chi connectivity index (χ4v) is 1.67. The summed E-state index contributed by atoms with van der Waals surface area (Å²) in [5.74, 6) is -0.344. The molecule has 0 saturated heterocycles. The number of carbonyl (C=O) groups excluding carboxylic acids is 1. The number of nitroso groups, excluding NO2 is 1. The maximum atomic E-state index is 11.8. The Labute approximate surface area is 114 Å². The van der Waals surface area contributed by atoms with Gasteiger partial charge in [0.05, 0.1) is 16.3 Å². The van der Waals surface area contributed by atoms with Crippen LogP contribution in [0, 0.1) is 4.91 Å². The van der Waals surface area contributed by atoms with Gasteiger partial charge in [-0.15, -0.1) is 4.91 Å². The molecule has 2 N–H and O–H groups in total. The first-order chi connectivity index (χ1) is 9.20. The molecule has 6 heteroatoms. The van der Waals surface area contributed by atoms with Gasteiger partial charge in [0.15, 0.2) is 0 Å². The van der Waals surface area contributed by atoms with Crippen LogP contribution in [0.3, 0.4) is 0 Å². The standard InChI is InChI=1S/C13H10ClN3O2/c14-12-4-2-1-3-11(12)13(18)16-15-9-5-7-10(17-19)8-6-9/h1-8,15H,(H,16,18).